The number of hydrogen-bond donors (Lipinski definition) is 0. The molecule has 2 saturated heterocycles. The molecule has 0 spiro atoms. The summed E-state index contributed by atoms with van der Waals surface area (Å²) in [7, 11) is 0. The van der Waals surface area contributed by atoms with E-state index >= 15 is 0 Å². The Morgan fingerprint density at radius 3 is 2.17 bits per heavy atom. The van der Waals surface area contributed by atoms with E-state index in [2.05, 4.69) is 0 Å². The van der Waals surface area contributed by atoms with E-state index in [9.17, 15) is 9.59 Å². The molecule has 5 heteroatoms. The highest BCUT2D eigenvalue weighted by Crippen LogP contribution is 2.36. The molecule has 2 heterocycles. The van der Waals surface area contributed by atoms with Crippen LogP contribution in [0.25, 0.3) is 0 Å². The van der Waals surface area contributed by atoms with Crippen molar-refractivity contribution >= 4 is 11.8 Å². The van der Waals surface area contributed by atoms with E-state index in [-0.39, 0.29) is 30.4 Å². The molecule has 0 aromatic carbocycles. The fourth-order valence-electron chi connectivity index (χ4n) is 4.56. The Kier molecular flexibility index (Phi) is 5.24. The molecule has 2 aliphatic heterocycles. The van der Waals surface area contributed by atoms with Gasteiger partial charge in [0.2, 0.25) is 11.8 Å². The van der Waals surface area contributed by atoms with Gasteiger partial charge in [0.15, 0.2) is 0 Å². The fraction of sp³-hybridized carbons (Fsp3) is 0.889. The third-order valence-electron chi connectivity index (χ3n) is 5.72. The van der Waals surface area contributed by atoms with Gasteiger partial charge in [0.25, 0.3) is 0 Å². The number of carbonyl (C=O) groups excluding carboxylic acids is 2. The number of piperidine rings is 1. The summed E-state index contributed by atoms with van der Waals surface area (Å²) < 4.78 is 5.66. The largest absolute Gasteiger partial charge is 0.372 e. The lowest BCUT2D eigenvalue weighted by Crippen LogP contribution is -2.50. The molecule has 0 N–H and O–H groups in total. The Labute approximate surface area is 139 Å². The highest BCUT2D eigenvalue weighted by Gasteiger charge is 2.34. The van der Waals surface area contributed by atoms with Crippen molar-refractivity contribution < 1.29 is 14.3 Å². The molecule has 5 nitrogen and oxygen atoms in total. The van der Waals surface area contributed by atoms with Crippen LogP contribution in [0.4, 0.5) is 0 Å². The van der Waals surface area contributed by atoms with Crippen LogP contribution in [0.15, 0.2) is 0 Å². The number of morpholine rings is 1. The molecule has 0 bridgehead atoms. The van der Waals surface area contributed by atoms with Gasteiger partial charge in [-0.05, 0) is 38.5 Å². The van der Waals surface area contributed by atoms with Crippen molar-refractivity contribution in [1.29, 1.82) is 0 Å². The van der Waals surface area contributed by atoms with E-state index in [1.165, 1.54) is 25.7 Å². The van der Waals surface area contributed by atoms with Crippen LogP contribution in [-0.2, 0) is 14.3 Å². The van der Waals surface area contributed by atoms with Gasteiger partial charge in [0.05, 0.1) is 12.2 Å². The van der Waals surface area contributed by atoms with Gasteiger partial charge in [-0.25, -0.2) is 0 Å². The molecule has 0 aromatic heterocycles. The molecule has 4 atom stereocenters. The molecule has 4 unspecified atom stereocenters. The molecule has 2 amide bonds. The van der Waals surface area contributed by atoms with E-state index in [0.29, 0.717) is 19.0 Å². The summed E-state index contributed by atoms with van der Waals surface area (Å²) in [6, 6.07) is 0. The van der Waals surface area contributed by atoms with Crippen molar-refractivity contribution in [1.82, 2.24) is 9.80 Å². The summed E-state index contributed by atoms with van der Waals surface area (Å²) >= 11 is 0. The van der Waals surface area contributed by atoms with E-state index in [1.807, 2.05) is 18.7 Å². The first-order valence-electron chi connectivity index (χ1n) is 9.24. The predicted molar refractivity (Wildman–Crippen MR) is 87.9 cm³/mol. The van der Waals surface area contributed by atoms with Crippen LogP contribution < -0.4 is 0 Å². The van der Waals surface area contributed by atoms with Crippen molar-refractivity contribution in [3.05, 3.63) is 0 Å². The predicted octanol–water partition coefficient (Wildman–Crippen LogP) is 2.05. The third kappa shape index (κ3) is 4.06. The number of hydrogen-bond acceptors (Lipinski definition) is 3. The van der Waals surface area contributed by atoms with E-state index in [4.69, 9.17) is 4.74 Å². The van der Waals surface area contributed by atoms with Gasteiger partial charge in [-0.3, -0.25) is 9.59 Å². The van der Waals surface area contributed by atoms with E-state index in [0.717, 1.165) is 25.4 Å². The molecule has 1 saturated carbocycles. The van der Waals surface area contributed by atoms with Crippen LogP contribution in [0.1, 0.15) is 52.4 Å². The molecular weight excluding hydrogens is 292 g/mol. The topological polar surface area (TPSA) is 49.9 Å². The average Bonchev–Trinajstić information content (AvgIpc) is 2.53. The zero-order valence-electron chi connectivity index (χ0n) is 14.5. The second-order valence-corrected chi connectivity index (χ2v) is 7.67. The SMILES string of the molecule is CC1CN(C(=O)CC(=O)N2CCC3CCCCC3C2)CC(C)O1. The fourth-order valence-corrected chi connectivity index (χ4v) is 4.56. The number of fused-ring (bicyclic) bond motifs is 1. The number of carbonyl (C=O) groups is 2. The van der Waals surface area contributed by atoms with Crippen molar-refractivity contribution in [2.24, 2.45) is 11.8 Å². The Morgan fingerprint density at radius 2 is 1.48 bits per heavy atom. The highest BCUT2D eigenvalue weighted by atomic mass is 16.5. The summed E-state index contributed by atoms with van der Waals surface area (Å²) in [6.45, 7) is 6.86. The molecule has 130 valence electrons. The Bertz CT molecular complexity index is 444. The molecule has 3 aliphatic rings. The summed E-state index contributed by atoms with van der Waals surface area (Å²) in [4.78, 5) is 28.7. The standard InChI is InChI=1S/C18H30N2O3/c1-13-10-20(11-14(2)23-13)18(22)9-17(21)19-8-7-15-5-3-4-6-16(15)12-19/h13-16H,3-12H2,1-2H3. The number of rotatable bonds is 2. The second kappa shape index (κ2) is 7.20. The van der Waals surface area contributed by atoms with Gasteiger partial charge in [0, 0.05) is 26.2 Å². The quantitative estimate of drug-likeness (QED) is 0.731. The lowest BCUT2D eigenvalue weighted by molar-refractivity contribution is -0.149. The molecule has 0 radical (unpaired) electrons. The maximum absolute atomic E-state index is 12.5. The summed E-state index contributed by atoms with van der Waals surface area (Å²) in [5.41, 5.74) is 0. The van der Waals surface area contributed by atoms with Crippen LogP contribution >= 0.6 is 0 Å². The molecule has 3 rings (SSSR count). The van der Waals surface area contributed by atoms with Gasteiger partial charge >= 0.3 is 0 Å². The first kappa shape index (κ1) is 16.7. The zero-order chi connectivity index (χ0) is 16.4. The minimum Gasteiger partial charge on any atom is -0.372 e. The third-order valence-corrected chi connectivity index (χ3v) is 5.72. The summed E-state index contributed by atoms with van der Waals surface area (Å²) in [5, 5.41) is 0. The molecule has 1 aliphatic carbocycles. The van der Waals surface area contributed by atoms with Crippen LogP contribution in [0, 0.1) is 11.8 Å². The highest BCUT2D eigenvalue weighted by molar-refractivity contribution is 5.97. The molecule has 0 aromatic rings. The lowest BCUT2D eigenvalue weighted by atomic mass is 9.75. The Hall–Kier alpha value is -1.10. The van der Waals surface area contributed by atoms with Crippen LogP contribution in [0.2, 0.25) is 0 Å². The van der Waals surface area contributed by atoms with Crippen LogP contribution in [0.5, 0.6) is 0 Å². The molecule has 23 heavy (non-hydrogen) atoms. The van der Waals surface area contributed by atoms with Crippen LogP contribution in [-0.4, -0.2) is 60.0 Å². The number of likely N-dealkylation sites (tertiary alicyclic amines) is 1. The van der Waals surface area contributed by atoms with Crippen molar-refractivity contribution in [3.63, 3.8) is 0 Å². The Balaban J connectivity index is 1.51. The molecule has 3 fully saturated rings. The van der Waals surface area contributed by atoms with E-state index < -0.39 is 0 Å². The van der Waals surface area contributed by atoms with Crippen molar-refractivity contribution in [2.45, 2.75) is 64.6 Å². The maximum atomic E-state index is 12.5. The average molecular weight is 322 g/mol. The van der Waals surface area contributed by atoms with Gasteiger partial charge < -0.3 is 14.5 Å². The van der Waals surface area contributed by atoms with Gasteiger partial charge in [-0.15, -0.1) is 0 Å². The number of ether oxygens (including phenoxy) is 1. The first-order valence-corrected chi connectivity index (χ1v) is 9.24. The monoisotopic (exact) mass is 322 g/mol. The lowest BCUT2D eigenvalue weighted by Gasteiger charge is -2.41. The first-order chi connectivity index (χ1) is 11.0. The minimum atomic E-state index is -0.0391. The normalized spacial score (nSPS) is 34.9. The van der Waals surface area contributed by atoms with Gasteiger partial charge in [0.1, 0.15) is 6.42 Å². The molecular formula is C18H30N2O3. The van der Waals surface area contributed by atoms with Gasteiger partial charge in [-0.2, -0.15) is 0 Å². The second-order valence-electron chi connectivity index (χ2n) is 7.67. The number of nitrogens with zero attached hydrogens (tertiary/aromatic N) is 2. The Morgan fingerprint density at radius 1 is 0.870 bits per heavy atom. The van der Waals surface area contributed by atoms with Crippen molar-refractivity contribution in [2.75, 3.05) is 26.2 Å². The summed E-state index contributed by atoms with van der Waals surface area (Å²) in [5.74, 6) is 1.46. The van der Waals surface area contributed by atoms with Gasteiger partial charge in [-0.1, -0.05) is 19.3 Å². The van der Waals surface area contributed by atoms with Crippen molar-refractivity contribution in [3.8, 4) is 0 Å². The zero-order valence-corrected chi connectivity index (χ0v) is 14.5. The number of amides is 2. The summed E-state index contributed by atoms with van der Waals surface area (Å²) in [6.07, 6.45) is 6.47. The maximum Gasteiger partial charge on any atom is 0.232 e. The van der Waals surface area contributed by atoms with Crippen LogP contribution in [0.3, 0.4) is 0 Å². The smallest absolute Gasteiger partial charge is 0.232 e. The van der Waals surface area contributed by atoms with E-state index in [1.54, 1.807) is 4.90 Å². The minimum absolute atomic E-state index is 0.0193.